The molecule has 1 aromatic heterocycles. The molecule has 1 heterocycles. The van der Waals surface area contributed by atoms with E-state index in [2.05, 4.69) is 102 Å². The Balaban J connectivity index is 0.000000275. The van der Waals surface area contributed by atoms with Crippen LogP contribution in [0.25, 0.3) is 16.4 Å². The summed E-state index contributed by atoms with van der Waals surface area (Å²) in [4.78, 5) is 9.64. The summed E-state index contributed by atoms with van der Waals surface area (Å²) in [6.45, 7) is 20.1. The van der Waals surface area contributed by atoms with Crippen LogP contribution < -0.4 is 0 Å². The van der Waals surface area contributed by atoms with E-state index in [-0.39, 0.29) is 31.9 Å². The van der Waals surface area contributed by atoms with E-state index in [0.717, 1.165) is 45.5 Å². The van der Waals surface area contributed by atoms with Crippen molar-refractivity contribution in [2.45, 2.75) is 52.0 Å². The molecule has 0 aliphatic carbocycles. The molecule has 3 nitrogen and oxygen atoms in total. The second-order valence-corrected chi connectivity index (χ2v) is 13.2. The Bertz CT molecular complexity index is 1900. The molecule has 0 bridgehead atoms. The second-order valence-electron chi connectivity index (χ2n) is 13.2. The molecule has 0 N–H and O–H groups in total. The van der Waals surface area contributed by atoms with E-state index in [0.29, 0.717) is 11.8 Å². The first-order valence-electron chi connectivity index (χ1n) is 17.9. The van der Waals surface area contributed by atoms with Gasteiger partial charge in [-0.2, -0.15) is 73.9 Å². The van der Waals surface area contributed by atoms with Crippen molar-refractivity contribution in [3.05, 3.63) is 235 Å². The third-order valence-corrected chi connectivity index (χ3v) is 8.24. The van der Waals surface area contributed by atoms with Crippen LogP contribution in [0.15, 0.2) is 170 Å². The summed E-state index contributed by atoms with van der Waals surface area (Å²) in [6.07, 6.45) is 2.68. The van der Waals surface area contributed by atoms with Gasteiger partial charge in [0.2, 0.25) is 0 Å². The van der Waals surface area contributed by atoms with Gasteiger partial charge in [0.1, 0.15) is 0 Å². The monoisotopic (exact) mass is 861 g/mol. The van der Waals surface area contributed by atoms with Crippen LogP contribution in [-0.4, -0.2) is 9.97 Å². The van der Waals surface area contributed by atoms with Gasteiger partial charge < -0.3 is 5.32 Å². The zero-order valence-corrected chi connectivity index (χ0v) is 35.2. The number of fused-ring (bicyclic) bond motifs is 1. The van der Waals surface area contributed by atoms with Gasteiger partial charge in [-0.3, -0.25) is 9.97 Å². The molecule has 0 saturated carbocycles. The van der Waals surface area contributed by atoms with Crippen molar-refractivity contribution in [3.8, 4) is 0 Å². The van der Waals surface area contributed by atoms with Gasteiger partial charge in [-0.15, -0.1) is 42.1 Å². The zero-order valence-electron chi connectivity index (χ0n) is 31.6. The predicted octanol–water partition coefficient (Wildman–Crippen LogP) is 13.5. The molecule has 1 unspecified atom stereocenters. The second kappa shape index (κ2) is 22.8. The molecule has 0 aliphatic rings. The Morgan fingerprint density at radius 1 is 0.491 bits per heavy atom. The third kappa shape index (κ3) is 14.5. The molecule has 0 spiro atoms. The summed E-state index contributed by atoms with van der Waals surface area (Å²) in [5, 5.41) is 5.37. The number of rotatable bonds is 7. The average Bonchev–Trinajstić information content (AvgIpc) is 3.16. The fraction of sp³-hybridized carbons (Fsp3) is 0.163. The van der Waals surface area contributed by atoms with Crippen LogP contribution in [0, 0.1) is 20.8 Å². The molecule has 0 fully saturated rings. The molecule has 7 rings (SSSR count). The molecule has 7 aromatic rings. The minimum atomic E-state index is -0.100. The first kappa shape index (κ1) is 42.4. The molecular weight excluding hydrogens is 809 g/mol. The van der Waals surface area contributed by atoms with Gasteiger partial charge in [0.15, 0.2) is 0 Å². The summed E-state index contributed by atoms with van der Waals surface area (Å²) in [5.41, 5.74) is 10.9. The molecule has 0 radical (unpaired) electrons. The van der Waals surface area contributed by atoms with E-state index in [1.165, 1.54) is 16.7 Å². The van der Waals surface area contributed by atoms with Crippen molar-refractivity contribution in [2.75, 3.05) is 0 Å². The minimum absolute atomic E-state index is 0. The van der Waals surface area contributed by atoms with Crippen molar-refractivity contribution in [2.24, 2.45) is 0 Å². The molecule has 1 atom stereocenters. The van der Waals surface area contributed by atoms with E-state index in [4.69, 9.17) is 10.3 Å². The SMILES string of the molecule is CC(C)c1cccc(C(C)C)c1[N-]C(Cc1ccccc1)c1cnc2ccccc2n1.[CH2-]c1ccccc1.[CH2-]c1ccccc1.[CH2-]c1ccccc1.[Hf+4]. The summed E-state index contributed by atoms with van der Waals surface area (Å²) < 4.78 is 0. The molecule has 0 aliphatic heterocycles. The van der Waals surface area contributed by atoms with Crippen LogP contribution in [0.2, 0.25) is 0 Å². The quantitative estimate of drug-likeness (QED) is 0.118. The number of benzene rings is 6. The fourth-order valence-electron chi connectivity index (χ4n) is 5.44. The maximum atomic E-state index is 5.37. The molecule has 266 valence electrons. The zero-order chi connectivity index (χ0) is 37.1. The van der Waals surface area contributed by atoms with Gasteiger partial charge in [0, 0.05) is 11.9 Å². The maximum Gasteiger partial charge on any atom is 4.00 e. The van der Waals surface area contributed by atoms with Crippen LogP contribution in [0.3, 0.4) is 0 Å². The average molecular weight is 860 g/mol. The van der Waals surface area contributed by atoms with Gasteiger partial charge in [-0.1, -0.05) is 124 Å². The topological polar surface area (TPSA) is 39.9 Å². The number of nitrogens with zero attached hydrogens (tertiary/aromatic N) is 3. The van der Waals surface area contributed by atoms with Gasteiger partial charge in [-0.05, 0) is 36.0 Å². The minimum Gasteiger partial charge on any atom is -0.676 e. The number of hydrogen-bond donors (Lipinski definition) is 0. The first-order chi connectivity index (χ1) is 25.2. The smallest absolute Gasteiger partial charge is 0.676 e. The van der Waals surface area contributed by atoms with Crippen molar-refractivity contribution in [1.29, 1.82) is 0 Å². The van der Waals surface area contributed by atoms with Crippen molar-refractivity contribution in [1.82, 2.24) is 9.97 Å². The normalized spacial score (nSPS) is 10.7. The van der Waals surface area contributed by atoms with Gasteiger partial charge in [-0.25, -0.2) is 0 Å². The van der Waals surface area contributed by atoms with E-state index >= 15 is 0 Å². The van der Waals surface area contributed by atoms with Crippen LogP contribution in [0.1, 0.15) is 84.6 Å². The molecular formula is C49H51HfN3. The van der Waals surface area contributed by atoms with Crippen molar-refractivity contribution >= 4 is 16.7 Å². The summed E-state index contributed by atoms with van der Waals surface area (Å²) >= 11 is 0. The standard InChI is InChI=1S/C28H30N3.3C7H7.Hf/c1-19(2)22-13-10-14-23(20(3)4)28(22)31-26(17-21-11-6-5-7-12-21)27-18-29-24-15-8-9-16-25(24)30-27;3*1-7-5-3-2-4-6-7;/h5-16,18-20,26H,17H2,1-4H3;3*2-6H,1H2;/q4*-1;+4. The Labute approximate surface area is 337 Å². The first-order valence-corrected chi connectivity index (χ1v) is 17.9. The van der Waals surface area contributed by atoms with Gasteiger partial charge >= 0.3 is 25.8 Å². The largest absolute Gasteiger partial charge is 4.00 e. The Morgan fingerprint density at radius 3 is 1.28 bits per heavy atom. The third-order valence-electron chi connectivity index (χ3n) is 8.24. The molecule has 6 aromatic carbocycles. The van der Waals surface area contributed by atoms with Crippen LogP contribution >= 0.6 is 0 Å². The molecule has 0 amide bonds. The van der Waals surface area contributed by atoms with E-state index < -0.39 is 0 Å². The van der Waals surface area contributed by atoms with E-state index in [1.807, 2.05) is 121 Å². The van der Waals surface area contributed by atoms with Gasteiger partial charge in [0.25, 0.3) is 0 Å². The van der Waals surface area contributed by atoms with Crippen molar-refractivity contribution < 1.29 is 25.8 Å². The number of aromatic nitrogens is 2. The Kier molecular flexibility index (Phi) is 18.2. The van der Waals surface area contributed by atoms with E-state index in [1.54, 1.807) is 0 Å². The van der Waals surface area contributed by atoms with Crippen LogP contribution in [0.5, 0.6) is 0 Å². The van der Waals surface area contributed by atoms with Crippen LogP contribution in [-0.2, 0) is 32.3 Å². The maximum absolute atomic E-state index is 5.37. The van der Waals surface area contributed by atoms with Gasteiger partial charge in [0.05, 0.1) is 11.0 Å². The van der Waals surface area contributed by atoms with E-state index in [9.17, 15) is 0 Å². The summed E-state index contributed by atoms with van der Waals surface area (Å²) in [5.74, 6) is 0.801. The Morgan fingerprint density at radius 2 is 0.887 bits per heavy atom. The predicted molar refractivity (Wildman–Crippen MR) is 223 cm³/mol. The summed E-state index contributed by atoms with van der Waals surface area (Å²) in [6, 6.07) is 54.7. The Hall–Kier alpha value is -5.06. The van der Waals surface area contributed by atoms with Crippen LogP contribution in [0.4, 0.5) is 5.69 Å². The molecule has 0 saturated heterocycles. The molecule has 53 heavy (non-hydrogen) atoms. The number of hydrogen-bond acceptors (Lipinski definition) is 2. The number of para-hydroxylation sites is 3. The van der Waals surface area contributed by atoms with Crippen molar-refractivity contribution in [3.63, 3.8) is 0 Å². The molecule has 4 heteroatoms. The summed E-state index contributed by atoms with van der Waals surface area (Å²) in [7, 11) is 0. The fourth-order valence-corrected chi connectivity index (χ4v) is 5.44.